The van der Waals surface area contributed by atoms with Gasteiger partial charge in [0.25, 0.3) is 0 Å². The molecule has 2 N–H and O–H groups in total. The minimum absolute atomic E-state index is 0. The number of hydrogen-bond acceptors (Lipinski definition) is 3. The lowest BCUT2D eigenvalue weighted by Crippen LogP contribution is -2.42. The maximum absolute atomic E-state index is 5.01. The molecule has 0 spiro atoms. The highest BCUT2D eigenvalue weighted by Crippen LogP contribution is 1.90. The Labute approximate surface area is 135 Å². The van der Waals surface area contributed by atoms with Gasteiger partial charge in [0.15, 0.2) is 5.96 Å². The van der Waals surface area contributed by atoms with E-state index in [1.807, 2.05) is 0 Å². The first-order chi connectivity index (χ1) is 8.61. The van der Waals surface area contributed by atoms with Gasteiger partial charge in [-0.25, -0.2) is 0 Å². The minimum Gasteiger partial charge on any atom is -0.385 e. The summed E-state index contributed by atoms with van der Waals surface area (Å²) in [7, 11) is 3.85. The van der Waals surface area contributed by atoms with Crippen molar-refractivity contribution in [3.8, 4) is 0 Å². The molecule has 0 aliphatic carbocycles. The molecular formula is C13H31IN4O. The second-order valence-electron chi connectivity index (χ2n) is 4.61. The van der Waals surface area contributed by atoms with Crippen LogP contribution < -0.4 is 10.6 Å². The van der Waals surface area contributed by atoms with Gasteiger partial charge in [-0.15, -0.1) is 24.0 Å². The number of methoxy groups -OCH3 is 1. The van der Waals surface area contributed by atoms with E-state index in [1.54, 1.807) is 7.11 Å². The number of aliphatic imine (C=N–C) groups is 1. The highest BCUT2D eigenvalue weighted by molar-refractivity contribution is 14.0. The van der Waals surface area contributed by atoms with Crippen LogP contribution in [0, 0.1) is 0 Å². The van der Waals surface area contributed by atoms with Gasteiger partial charge in [-0.3, -0.25) is 4.99 Å². The number of rotatable bonds is 9. The van der Waals surface area contributed by atoms with E-state index in [-0.39, 0.29) is 24.0 Å². The molecule has 6 heteroatoms. The van der Waals surface area contributed by atoms with Gasteiger partial charge in [-0.1, -0.05) is 0 Å². The number of hydrogen-bond donors (Lipinski definition) is 2. The zero-order valence-corrected chi connectivity index (χ0v) is 15.4. The summed E-state index contributed by atoms with van der Waals surface area (Å²) in [5.74, 6) is 0.894. The molecule has 0 aromatic heterocycles. The minimum atomic E-state index is 0. The van der Waals surface area contributed by atoms with Gasteiger partial charge >= 0.3 is 0 Å². The van der Waals surface area contributed by atoms with Crippen LogP contribution in [-0.2, 0) is 4.74 Å². The summed E-state index contributed by atoms with van der Waals surface area (Å²) in [4.78, 5) is 6.80. The van der Waals surface area contributed by atoms with Gasteiger partial charge in [0.1, 0.15) is 0 Å². The maximum Gasteiger partial charge on any atom is 0.191 e. The molecule has 0 radical (unpaired) electrons. The third-order valence-electron chi connectivity index (χ3n) is 2.76. The van der Waals surface area contributed by atoms with Crippen molar-refractivity contribution in [2.75, 3.05) is 46.9 Å². The van der Waals surface area contributed by atoms with Crippen LogP contribution in [0.25, 0.3) is 0 Å². The first-order valence-electron chi connectivity index (χ1n) is 6.83. The first kappa shape index (κ1) is 21.2. The van der Waals surface area contributed by atoms with Gasteiger partial charge in [0.05, 0.1) is 0 Å². The van der Waals surface area contributed by atoms with Gasteiger partial charge in [-0.05, 0) is 34.2 Å². The summed E-state index contributed by atoms with van der Waals surface area (Å²) in [6.45, 7) is 10.8. The summed E-state index contributed by atoms with van der Waals surface area (Å²) in [6.07, 6.45) is 0.957. The summed E-state index contributed by atoms with van der Waals surface area (Å²) >= 11 is 0. The predicted octanol–water partition coefficient (Wildman–Crippen LogP) is 1.54. The molecule has 0 saturated carbocycles. The van der Waals surface area contributed by atoms with E-state index in [0.717, 1.165) is 45.2 Å². The molecule has 116 valence electrons. The molecule has 0 amide bonds. The molecular weight excluding hydrogens is 355 g/mol. The van der Waals surface area contributed by atoms with Gasteiger partial charge < -0.3 is 20.3 Å². The van der Waals surface area contributed by atoms with Crippen molar-refractivity contribution in [1.29, 1.82) is 0 Å². The van der Waals surface area contributed by atoms with E-state index in [2.05, 4.69) is 48.3 Å². The van der Waals surface area contributed by atoms with Crippen LogP contribution in [0.2, 0.25) is 0 Å². The van der Waals surface area contributed by atoms with Crippen LogP contribution in [-0.4, -0.2) is 63.8 Å². The van der Waals surface area contributed by atoms with Crippen molar-refractivity contribution in [3.63, 3.8) is 0 Å². The fourth-order valence-electron chi connectivity index (χ4n) is 1.35. The largest absolute Gasteiger partial charge is 0.385 e. The average Bonchev–Trinajstić information content (AvgIpc) is 2.34. The Kier molecular flexibility index (Phi) is 16.0. The summed E-state index contributed by atoms with van der Waals surface area (Å²) < 4.78 is 5.01. The molecule has 0 aliphatic heterocycles. The van der Waals surface area contributed by atoms with Gasteiger partial charge in [-0.2, -0.15) is 0 Å². The van der Waals surface area contributed by atoms with Crippen LogP contribution in [0.15, 0.2) is 4.99 Å². The topological polar surface area (TPSA) is 48.9 Å². The number of ether oxygens (including phenoxy) is 1. The van der Waals surface area contributed by atoms with Crippen LogP contribution in [0.5, 0.6) is 0 Å². The molecule has 5 nitrogen and oxygen atoms in total. The summed E-state index contributed by atoms with van der Waals surface area (Å²) in [5.41, 5.74) is 0. The Hall–Kier alpha value is -0.0800. The summed E-state index contributed by atoms with van der Waals surface area (Å²) in [5, 5.41) is 6.58. The number of guanidine groups is 1. The SMILES string of the molecule is CCNC(=NCCCOC)NCCN(C)C(C)C.I. The fourth-order valence-corrected chi connectivity index (χ4v) is 1.35. The molecule has 0 aromatic rings. The van der Waals surface area contributed by atoms with Gasteiger partial charge in [0.2, 0.25) is 0 Å². The van der Waals surface area contributed by atoms with Crippen molar-refractivity contribution < 1.29 is 4.74 Å². The van der Waals surface area contributed by atoms with Crippen molar-refractivity contribution in [1.82, 2.24) is 15.5 Å². The van der Waals surface area contributed by atoms with Crippen LogP contribution in [0.1, 0.15) is 27.2 Å². The highest BCUT2D eigenvalue weighted by atomic mass is 127. The van der Waals surface area contributed by atoms with Crippen molar-refractivity contribution in [2.24, 2.45) is 4.99 Å². The number of nitrogens with zero attached hydrogens (tertiary/aromatic N) is 2. The van der Waals surface area contributed by atoms with Crippen molar-refractivity contribution in [3.05, 3.63) is 0 Å². The van der Waals surface area contributed by atoms with Crippen molar-refractivity contribution in [2.45, 2.75) is 33.2 Å². The molecule has 0 aromatic carbocycles. The molecule has 0 bridgehead atoms. The Morgan fingerprint density at radius 2 is 2.00 bits per heavy atom. The quantitative estimate of drug-likeness (QED) is 0.273. The average molecular weight is 386 g/mol. The predicted molar refractivity (Wildman–Crippen MR) is 93.7 cm³/mol. The van der Waals surface area contributed by atoms with Gasteiger partial charge in [0, 0.05) is 45.9 Å². The van der Waals surface area contributed by atoms with Crippen LogP contribution in [0.4, 0.5) is 0 Å². The normalized spacial score (nSPS) is 11.6. The van der Waals surface area contributed by atoms with E-state index >= 15 is 0 Å². The Balaban J connectivity index is 0. The Morgan fingerprint density at radius 1 is 1.32 bits per heavy atom. The standard InChI is InChI=1S/C13H30N4O.HI/c1-6-14-13(15-8-7-11-18-5)16-9-10-17(4)12(2)3;/h12H,6-11H2,1-5H3,(H2,14,15,16);1H. The highest BCUT2D eigenvalue weighted by Gasteiger charge is 2.02. The van der Waals surface area contributed by atoms with E-state index in [0.29, 0.717) is 6.04 Å². The van der Waals surface area contributed by atoms with Crippen LogP contribution >= 0.6 is 24.0 Å². The second kappa shape index (κ2) is 14.3. The third-order valence-corrected chi connectivity index (χ3v) is 2.76. The molecule has 0 rings (SSSR count). The van der Waals surface area contributed by atoms with Crippen LogP contribution in [0.3, 0.4) is 0 Å². The van der Waals surface area contributed by atoms with E-state index in [1.165, 1.54) is 0 Å². The van der Waals surface area contributed by atoms with E-state index in [9.17, 15) is 0 Å². The Morgan fingerprint density at radius 3 is 2.53 bits per heavy atom. The molecule has 19 heavy (non-hydrogen) atoms. The lowest BCUT2D eigenvalue weighted by atomic mass is 10.3. The number of nitrogens with one attached hydrogen (secondary N) is 2. The molecule has 0 saturated heterocycles. The summed E-state index contributed by atoms with van der Waals surface area (Å²) in [6, 6.07) is 0.577. The molecule has 0 unspecified atom stereocenters. The first-order valence-corrected chi connectivity index (χ1v) is 6.83. The zero-order chi connectivity index (χ0) is 13.8. The van der Waals surface area contributed by atoms with E-state index < -0.39 is 0 Å². The molecule has 0 heterocycles. The maximum atomic E-state index is 5.01. The molecule has 0 fully saturated rings. The van der Waals surface area contributed by atoms with Crippen molar-refractivity contribution >= 4 is 29.9 Å². The zero-order valence-electron chi connectivity index (χ0n) is 13.0. The number of likely N-dealkylation sites (N-methyl/N-ethyl adjacent to an activating group) is 1. The van der Waals surface area contributed by atoms with E-state index in [4.69, 9.17) is 4.74 Å². The monoisotopic (exact) mass is 386 g/mol. The smallest absolute Gasteiger partial charge is 0.191 e. The third kappa shape index (κ3) is 12.7. The second-order valence-corrected chi connectivity index (χ2v) is 4.61. The molecule has 0 atom stereocenters. The Bertz CT molecular complexity index is 225. The number of halogens is 1. The lowest BCUT2D eigenvalue weighted by molar-refractivity contribution is 0.197. The lowest BCUT2D eigenvalue weighted by Gasteiger charge is -2.21. The molecule has 0 aliphatic rings. The fraction of sp³-hybridized carbons (Fsp3) is 0.923.